The van der Waals surface area contributed by atoms with E-state index in [-0.39, 0.29) is 5.97 Å². The van der Waals surface area contributed by atoms with Gasteiger partial charge in [0.15, 0.2) is 0 Å². The Morgan fingerprint density at radius 3 is 2.07 bits per heavy atom. The Bertz CT molecular complexity index is 1180. The molecule has 0 aromatic heterocycles. The van der Waals surface area contributed by atoms with Crippen LogP contribution in [0.4, 0.5) is 0 Å². The normalized spacial score (nSPS) is 16.0. The number of piperidine rings is 1. The van der Waals surface area contributed by atoms with Crippen molar-refractivity contribution in [3.8, 4) is 0 Å². The van der Waals surface area contributed by atoms with Crippen LogP contribution in [0.5, 0.6) is 0 Å². The number of benzene rings is 4. The van der Waals surface area contributed by atoms with E-state index in [1.807, 2.05) is 48.5 Å². The monoisotopic (exact) mass is 381 g/mol. The van der Waals surface area contributed by atoms with Gasteiger partial charge in [0, 0.05) is 12.8 Å². The topological polar surface area (TPSA) is 38.3 Å². The molecule has 1 aliphatic heterocycles. The Balaban J connectivity index is 1.50. The molecule has 5 rings (SSSR count). The first-order valence-corrected chi connectivity index (χ1v) is 10.2. The van der Waals surface area contributed by atoms with E-state index >= 15 is 0 Å². The van der Waals surface area contributed by atoms with Crippen molar-refractivity contribution in [2.24, 2.45) is 0 Å². The SMILES string of the molecule is O=C(OC1(c2ccccc2)CCNCC1)c1ccc2cc3ccccc3cc2c1. The Hall–Kier alpha value is -3.17. The number of fused-ring (bicyclic) bond motifs is 2. The van der Waals surface area contributed by atoms with E-state index in [9.17, 15) is 4.79 Å². The van der Waals surface area contributed by atoms with Crippen LogP contribution in [0.3, 0.4) is 0 Å². The minimum absolute atomic E-state index is 0.259. The Labute approximate surface area is 170 Å². The largest absolute Gasteiger partial charge is 0.450 e. The van der Waals surface area contributed by atoms with Crippen molar-refractivity contribution in [2.75, 3.05) is 13.1 Å². The highest BCUT2D eigenvalue weighted by molar-refractivity contribution is 6.01. The van der Waals surface area contributed by atoms with Crippen molar-refractivity contribution in [2.45, 2.75) is 18.4 Å². The van der Waals surface area contributed by atoms with Crippen LogP contribution in [0, 0.1) is 0 Å². The number of nitrogens with one attached hydrogen (secondary N) is 1. The lowest BCUT2D eigenvalue weighted by molar-refractivity contribution is -0.0378. The van der Waals surface area contributed by atoms with Crippen LogP contribution >= 0.6 is 0 Å². The molecule has 0 saturated carbocycles. The summed E-state index contributed by atoms with van der Waals surface area (Å²) in [5, 5.41) is 7.92. The van der Waals surface area contributed by atoms with Gasteiger partial charge >= 0.3 is 5.97 Å². The summed E-state index contributed by atoms with van der Waals surface area (Å²) in [6, 6.07) is 28.5. The molecule has 29 heavy (non-hydrogen) atoms. The highest BCUT2D eigenvalue weighted by Gasteiger charge is 2.38. The van der Waals surface area contributed by atoms with Gasteiger partial charge in [0.05, 0.1) is 5.56 Å². The van der Waals surface area contributed by atoms with Gasteiger partial charge in [-0.25, -0.2) is 4.79 Å². The maximum Gasteiger partial charge on any atom is 0.339 e. The van der Waals surface area contributed by atoms with Crippen LogP contribution in [0.1, 0.15) is 28.8 Å². The Kier molecular flexibility index (Phi) is 4.53. The molecule has 0 amide bonds. The van der Waals surface area contributed by atoms with Crippen molar-refractivity contribution in [3.63, 3.8) is 0 Å². The van der Waals surface area contributed by atoms with Crippen LogP contribution in [-0.4, -0.2) is 19.1 Å². The van der Waals surface area contributed by atoms with E-state index in [2.05, 4.69) is 41.7 Å². The van der Waals surface area contributed by atoms with E-state index in [4.69, 9.17) is 4.74 Å². The van der Waals surface area contributed by atoms with Gasteiger partial charge in [-0.05, 0) is 64.5 Å². The second-order valence-corrected chi connectivity index (χ2v) is 7.76. The fourth-order valence-corrected chi connectivity index (χ4v) is 4.33. The standard InChI is InChI=1S/C26H23NO2/c28-25(29-26(12-14-27-15-13-26)24-8-2-1-3-9-24)22-11-10-21-16-19-6-4-5-7-20(19)17-23(21)18-22/h1-11,16-18,27H,12-15H2. The van der Waals surface area contributed by atoms with Crippen LogP contribution in [0.25, 0.3) is 21.5 Å². The van der Waals surface area contributed by atoms with E-state index in [0.717, 1.165) is 42.3 Å². The summed E-state index contributed by atoms with van der Waals surface area (Å²) >= 11 is 0. The molecule has 1 N–H and O–H groups in total. The van der Waals surface area contributed by atoms with Crippen LogP contribution in [0.15, 0.2) is 84.9 Å². The zero-order valence-corrected chi connectivity index (χ0v) is 16.2. The summed E-state index contributed by atoms with van der Waals surface area (Å²) in [5.41, 5.74) is 1.10. The molecule has 1 saturated heterocycles. The minimum Gasteiger partial charge on any atom is -0.450 e. The lowest BCUT2D eigenvalue weighted by Gasteiger charge is -2.37. The quantitative estimate of drug-likeness (QED) is 0.380. The molecule has 144 valence electrons. The molecular weight excluding hydrogens is 358 g/mol. The lowest BCUT2D eigenvalue weighted by atomic mass is 9.84. The van der Waals surface area contributed by atoms with Gasteiger partial charge < -0.3 is 10.1 Å². The molecule has 3 nitrogen and oxygen atoms in total. The average molecular weight is 381 g/mol. The minimum atomic E-state index is -0.568. The highest BCUT2D eigenvalue weighted by Crippen LogP contribution is 2.36. The molecule has 1 fully saturated rings. The average Bonchev–Trinajstić information content (AvgIpc) is 2.78. The third-order valence-electron chi connectivity index (χ3n) is 5.94. The molecule has 0 unspecified atom stereocenters. The van der Waals surface area contributed by atoms with Gasteiger partial charge in [0.1, 0.15) is 5.60 Å². The van der Waals surface area contributed by atoms with E-state index in [1.165, 1.54) is 10.8 Å². The van der Waals surface area contributed by atoms with E-state index < -0.39 is 5.60 Å². The summed E-state index contributed by atoms with van der Waals surface area (Å²) < 4.78 is 6.21. The summed E-state index contributed by atoms with van der Waals surface area (Å²) in [5.74, 6) is -0.259. The van der Waals surface area contributed by atoms with Gasteiger partial charge in [-0.1, -0.05) is 60.7 Å². The van der Waals surface area contributed by atoms with Crippen LogP contribution in [-0.2, 0) is 10.3 Å². The third-order valence-corrected chi connectivity index (χ3v) is 5.94. The molecule has 0 aliphatic carbocycles. The number of esters is 1. The van der Waals surface area contributed by atoms with Gasteiger partial charge in [-0.3, -0.25) is 0 Å². The van der Waals surface area contributed by atoms with Crippen molar-refractivity contribution in [1.82, 2.24) is 5.32 Å². The number of carbonyl (C=O) groups excluding carboxylic acids is 1. The predicted molar refractivity (Wildman–Crippen MR) is 117 cm³/mol. The summed E-state index contributed by atoms with van der Waals surface area (Å²) in [6.45, 7) is 1.68. The molecule has 0 spiro atoms. The second-order valence-electron chi connectivity index (χ2n) is 7.76. The van der Waals surface area contributed by atoms with Gasteiger partial charge in [0.25, 0.3) is 0 Å². The van der Waals surface area contributed by atoms with Crippen molar-refractivity contribution in [3.05, 3.63) is 96.1 Å². The zero-order chi connectivity index (χ0) is 19.7. The fraction of sp³-hybridized carbons (Fsp3) is 0.192. The molecule has 4 aromatic carbocycles. The summed E-state index contributed by atoms with van der Waals surface area (Å²) in [6.07, 6.45) is 1.56. The summed E-state index contributed by atoms with van der Waals surface area (Å²) in [7, 11) is 0. The molecule has 0 radical (unpaired) electrons. The fourth-order valence-electron chi connectivity index (χ4n) is 4.33. The van der Waals surface area contributed by atoms with Crippen molar-refractivity contribution < 1.29 is 9.53 Å². The van der Waals surface area contributed by atoms with Crippen LogP contribution < -0.4 is 5.32 Å². The van der Waals surface area contributed by atoms with Crippen molar-refractivity contribution in [1.29, 1.82) is 0 Å². The van der Waals surface area contributed by atoms with Gasteiger partial charge in [-0.2, -0.15) is 0 Å². The molecule has 4 aromatic rings. The first kappa shape index (κ1) is 17.9. The van der Waals surface area contributed by atoms with Gasteiger partial charge in [-0.15, -0.1) is 0 Å². The lowest BCUT2D eigenvalue weighted by Crippen LogP contribution is -2.43. The second kappa shape index (κ2) is 7.34. The van der Waals surface area contributed by atoms with E-state index in [1.54, 1.807) is 0 Å². The molecule has 0 bridgehead atoms. The Morgan fingerprint density at radius 1 is 0.724 bits per heavy atom. The molecule has 0 atom stereocenters. The van der Waals surface area contributed by atoms with Gasteiger partial charge in [0.2, 0.25) is 0 Å². The Morgan fingerprint density at radius 2 is 1.34 bits per heavy atom. The number of rotatable bonds is 3. The first-order chi connectivity index (χ1) is 14.2. The molecule has 1 aliphatic rings. The summed E-state index contributed by atoms with van der Waals surface area (Å²) in [4.78, 5) is 13.2. The predicted octanol–water partition coefficient (Wildman–Crippen LogP) is 5.43. The highest BCUT2D eigenvalue weighted by atomic mass is 16.6. The number of carbonyl (C=O) groups is 1. The smallest absolute Gasteiger partial charge is 0.339 e. The first-order valence-electron chi connectivity index (χ1n) is 10.2. The maximum absolute atomic E-state index is 13.2. The number of ether oxygens (including phenoxy) is 1. The van der Waals surface area contributed by atoms with Crippen molar-refractivity contribution >= 4 is 27.5 Å². The van der Waals surface area contributed by atoms with Crippen LogP contribution in [0.2, 0.25) is 0 Å². The molecule has 1 heterocycles. The molecule has 3 heteroatoms. The molecular formula is C26H23NO2. The third kappa shape index (κ3) is 3.39. The zero-order valence-electron chi connectivity index (χ0n) is 16.2. The van der Waals surface area contributed by atoms with E-state index in [0.29, 0.717) is 5.56 Å². The number of hydrogen-bond acceptors (Lipinski definition) is 3. The number of hydrogen-bond donors (Lipinski definition) is 1. The maximum atomic E-state index is 13.2.